The molecule has 0 spiro atoms. The quantitative estimate of drug-likeness (QED) is 0.189. The van der Waals surface area contributed by atoms with E-state index in [1.54, 1.807) is 0 Å². The summed E-state index contributed by atoms with van der Waals surface area (Å²) in [5.74, 6) is 0. The van der Waals surface area contributed by atoms with Gasteiger partial charge in [-0.25, -0.2) is 0 Å². The van der Waals surface area contributed by atoms with Crippen molar-refractivity contribution >= 4 is 0 Å². The first-order valence-electron chi connectivity index (χ1n) is 10.1. The van der Waals surface area contributed by atoms with Crippen LogP contribution in [0.2, 0.25) is 0 Å². The van der Waals surface area contributed by atoms with Crippen molar-refractivity contribution < 1.29 is 18.3 Å². The average molecular weight is 362 g/mol. The highest BCUT2D eigenvalue weighted by molar-refractivity contribution is 4.69. The van der Waals surface area contributed by atoms with Crippen LogP contribution in [0.5, 0.6) is 0 Å². The number of hydrogen-bond acceptors (Lipinski definition) is 3. The van der Waals surface area contributed by atoms with Crippen LogP contribution >= 0.6 is 0 Å². The predicted octanol–water partition coefficient (Wildman–Crippen LogP) is 6.27. The molecular weight excluding hydrogens is 324 g/mol. The summed E-state index contributed by atoms with van der Waals surface area (Å²) in [6.45, 7) is 0.891. The van der Waals surface area contributed by atoms with Crippen LogP contribution < -0.4 is 0 Å². The van der Waals surface area contributed by atoms with E-state index >= 15 is 0 Å². The molecule has 0 rings (SSSR count). The van der Waals surface area contributed by atoms with Gasteiger partial charge in [0.2, 0.25) is 0 Å². The molecular formula is C20H37F2NO2. The van der Waals surface area contributed by atoms with Crippen molar-refractivity contribution in [1.29, 1.82) is 5.26 Å². The molecule has 0 saturated heterocycles. The lowest BCUT2D eigenvalue weighted by atomic mass is 10.1. The average Bonchev–Trinajstić information content (AvgIpc) is 2.63. The second-order valence-electron chi connectivity index (χ2n) is 6.49. The highest BCUT2D eigenvalue weighted by Gasteiger charge is 2.09. The molecule has 0 aromatic heterocycles. The summed E-state index contributed by atoms with van der Waals surface area (Å²) in [6.07, 6.45) is 12.6. The minimum absolute atomic E-state index is 0.210. The van der Waals surface area contributed by atoms with Gasteiger partial charge in [0.1, 0.15) is 0 Å². The fourth-order valence-corrected chi connectivity index (χ4v) is 2.63. The van der Waals surface area contributed by atoms with Crippen LogP contribution in [0, 0.1) is 11.3 Å². The van der Waals surface area contributed by atoms with Crippen molar-refractivity contribution in [1.82, 2.24) is 0 Å². The van der Waals surface area contributed by atoms with Crippen molar-refractivity contribution in [2.75, 3.05) is 26.6 Å². The molecule has 0 bridgehead atoms. The van der Waals surface area contributed by atoms with Crippen molar-refractivity contribution in [2.45, 2.75) is 96.2 Å². The Morgan fingerprint density at radius 3 is 1.44 bits per heavy atom. The molecule has 0 atom stereocenters. The van der Waals surface area contributed by atoms with Gasteiger partial charge in [0.25, 0.3) is 0 Å². The number of hydrogen-bond donors (Lipinski definition) is 0. The van der Waals surface area contributed by atoms with E-state index in [1.807, 2.05) is 0 Å². The largest absolute Gasteiger partial charge is 0.353 e. The third-order valence-electron chi connectivity index (χ3n) is 4.16. The minimum atomic E-state index is -0.280. The molecule has 0 aliphatic carbocycles. The maximum absolute atomic E-state index is 12.0. The zero-order valence-electron chi connectivity index (χ0n) is 15.8. The fourth-order valence-electron chi connectivity index (χ4n) is 2.63. The Morgan fingerprint density at radius 1 is 0.640 bits per heavy atom. The number of nitrogens with zero attached hydrogens (tertiary/aromatic N) is 1. The maximum atomic E-state index is 12.0. The molecule has 3 nitrogen and oxygen atoms in total. The number of unbranched alkanes of at least 4 members (excludes halogenated alkanes) is 10. The Morgan fingerprint density at radius 2 is 1.04 bits per heavy atom. The lowest BCUT2D eigenvalue weighted by Gasteiger charge is -2.17. The van der Waals surface area contributed by atoms with E-state index in [1.165, 1.54) is 0 Å². The van der Waals surface area contributed by atoms with Crippen molar-refractivity contribution in [3.8, 4) is 6.07 Å². The minimum Gasteiger partial charge on any atom is -0.353 e. The van der Waals surface area contributed by atoms with Crippen LogP contribution in [0.25, 0.3) is 0 Å². The summed E-state index contributed by atoms with van der Waals surface area (Å²) in [4.78, 5) is 0. The second-order valence-corrected chi connectivity index (χ2v) is 6.49. The van der Waals surface area contributed by atoms with Gasteiger partial charge in [0.05, 0.1) is 19.4 Å². The summed E-state index contributed by atoms with van der Waals surface area (Å²) in [6, 6.07) is 2.14. The number of halogens is 2. The SMILES string of the molecule is N#CCCC(OCCCCCCCCF)OCCCCCCCCF. The first-order chi connectivity index (χ1) is 12.3. The van der Waals surface area contributed by atoms with Gasteiger partial charge in [-0.05, 0) is 25.7 Å². The standard InChI is InChI=1S/C20H37F2NO2/c21-15-9-5-1-3-7-11-18-24-20(14-13-17-23)25-19-12-8-4-2-6-10-16-22/h20H,1-16,18-19H2. The molecule has 0 saturated carbocycles. The fraction of sp³-hybridized carbons (Fsp3) is 0.950. The van der Waals surface area contributed by atoms with E-state index in [0.29, 0.717) is 38.9 Å². The Bertz CT molecular complexity index is 278. The summed E-state index contributed by atoms with van der Waals surface area (Å²) < 4.78 is 35.4. The Labute approximate surface area is 153 Å². The molecule has 0 aliphatic rings. The summed E-state index contributed by atoms with van der Waals surface area (Å²) >= 11 is 0. The monoisotopic (exact) mass is 361 g/mol. The first kappa shape index (κ1) is 24.3. The van der Waals surface area contributed by atoms with Crippen molar-refractivity contribution in [2.24, 2.45) is 0 Å². The van der Waals surface area contributed by atoms with Gasteiger partial charge < -0.3 is 9.47 Å². The van der Waals surface area contributed by atoms with Crippen LogP contribution in [0.3, 0.4) is 0 Å². The molecule has 0 fully saturated rings. The van der Waals surface area contributed by atoms with E-state index < -0.39 is 0 Å². The smallest absolute Gasteiger partial charge is 0.158 e. The molecule has 25 heavy (non-hydrogen) atoms. The lowest BCUT2D eigenvalue weighted by Crippen LogP contribution is -2.18. The summed E-state index contributed by atoms with van der Waals surface area (Å²) in [7, 11) is 0. The number of rotatable bonds is 20. The Balaban J connectivity index is 3.56. The molecule has 0 heterocycles. The van der Waals surface area contributed by atoms with Gasteiger partial charge >= 0.3 is 0 Å². The van der Waals surface area contributed by atoms with Crippen LogP contribution in [0.1, 0.15) is 89.9 Å². The predicted molar refractivity (Wildman–Crippen MR) is 97.9 cm³/mol. The molecule has 0 amide bonds. The Hall–Kier alpha value is -0.730. The summed E-state index contributed by atoms with van der Waals surface area (Å²) in [5.41, 5.74) is 0. The van der Waals surface area contributed by atoms with Gasteiger partial charge in [0, 0.05) is 26.1 Å². The molecule has 0 aliphatic heterocycles. The topological polar surface area (TPSA) is 42.2 Å². The third-order valence-corrected chi connectivity index (χ3v) is 4.16. The molecule has 0 radical (unpaired) electrons. The van der Waals surface area contributed by atoms with Crippen LogP contribution in [-0.4, -0.2) is 32.9 Å². The third kappa shape index (κ3) is 19.4. The first-order valence-corrected chi connectivity index (χ1v) is 10.1. The Kier molecular flexibility index (Phi) is 20.7. The highest BCUT2D eigenvalue weighted by Crippen LogP contribution is 2.11. The molecule has 0 unspecified atom stereocenters. The van der Waals surface area contributed by atoms with Gasteiger partial charge in [-0.15, -0.1) is 0 Å². The van der Waals surface area contributed by atoms with E-state index in [4.69, 9.17) is 14.7 Å². The zero-order valence-corrected chi connectivity index (χ0v) is 15.8. The number of nitriles is 1. The highest BCUT2D eigenvalue weighted by atomic mass is 19.1. The van der Waals surface area contributed by atoms with E-state index in [2.05, 4.69) is 6.07 Å². The van der Waals surface area contributed by atoms with Crippen LogP contribution in [-0.2, 0) is 9.47 Å². The number of alkyl halides is 2. The summed E-state index contributed by atoms with van der Waals surface area (Å²) in [5, 5.41) is 8.73. The molecule has 0 aromatic rings. The van der Waals surface area contributed by atoms with Gasteiger partial charge in [0.15, 0.2) is 6.29 Å². The van der Waals surface area contributed by atoms with Crippen LogP contribution in [0.15, 0.2) is 0 Å². The zero-order chi connectivity index (χ0) is 18.4. The van der Waals surface area contributed by atoms with Gasteiger partial charge in [-0.1, -0.05) is 51.4 Å². The van der Waals surface area contributed by atoms with Crippen molar-refractivity contribution in [3.05, 3.63) is 0 Å². The number of ether oxygens (including phenoxy) is 2. The van der Waals surface area contributed by atoms with E-state index in [-0.39, 0.29) is 19.6 Å². The lowest BCUT2D eigenvalue weighted by molar-refractivity contribution is -0.146. The van der Waals surface area contributed by atoms with Crippen molar-refractivity contribution in [3.63, 3.8) is 0 Å². The molecule has 5 heteroatoms. The molecule has 0 aromatic carbocycles. The van der Waals surface area contributed by atoms with Gasteiger partial charge in [-0.3, -0.25) is 8.78 Å². The second kappa shape index (κ2) is 21.3. The van der Waals surface area contributed by atoms with E-state index in [9.17, 15) is 8.78 Å². The van der Waals surface area contributed by atoms with Crippen LogP contribution in [0.4, 0.5) is 8.78 Å². The van der Waals surface area contributed by atoms with E-state index in [0.717, 1.165) is 64.2 Å². The normalized spacial score (nSPS) is 11.1. The molecule has 148 valence electrons. The maximum Gasteiger partial charge on any atom is 0.158 e. The van der Waals surface area contributed by atoms with Gasteiger partial charge in [-0.2, -0.15) is 5.26 Å². The molecule has 0 N–H and O–H groups in total.